The monoisotopic (exact) mass is 372 g/mol. The van der Waals surface area contributed by atoms with Crippen molar-refractivity contribution < 1.29 is 14.0 Å². The van der Waals surface area contributed by atoms with Crippen LogP contribution >= 0.6 is 0 Å². The molecule has 3 fully saturated rings. The standard InChI is InChI=1S/C21H33BN2O3/c1-20(2)21(3,4)27-22(26-20)17-5-7-18(8-6-17)23-11-13-24(14-12-23)19-9-15-25-16-10-19/h5-8,19H,9-16H2,1-4H3. The predicted molar refractivity (Wildman–Crippen MR) is 110 cm³/mol. The molecule has 0 N–H and O–H groups in total. The van der Waals surface area contributed by atoms with Crippen molar-refractivity contribution in [2.75, 3.05) is 44.3 Å². The van der Waals surface area contributed by atoms with Gasteiger partial charge in [-0.3, -0.25) is 4.90 Å². The molecule has 3 aliphatic heterocycles. The van der Waals surface area contributed by atoms with Gasteiger partial charge in [0.15, 0.2) is 0 Å². The van der Waals surface area contributed by atoms with Crippen LogP contribution in [-0.2, 0) is 14.0 Å². The van der Waals surface area contributed by atoms with E-state index >= 15 is 0 Å². The van der Waals surface area contributed by atoms with Gasteiger partial charge in [0.25, 0.3) is 0 Å². The molecule has 0 spiro atoms. The van der Waals surface area contributed by atoms with Crippen LogP contribution in [0.1, 0.15) is 40.5 Å². The van der Waals surface area contributed by atoms with Gasteiger partial charge in [-0.15, -0.1) is 0 Å². The summed E-state index contributed by atoms with van der Waals surface area (Å²) in [5.74, 6) is 0. The van der Waals surface area contributed by atoms with E-state index in [0.717, 1.165) is 44.9 Å². The van der Waals surface area contributed by atoms with Gasteiger partial charge in [0, 0.05) is 51.1 Å². The Morgan fingerprint density at radius 3 is 1.96 bits per heavy atom. The fourth-order valence-electron chi connectivity index (χ4n) is 4.22. The van der Waals surface area contributed by atoms with Crippen LogP contribution in [0, 0.1) is 0 Å². The minimum Gasteiger partial charge on any atom is -0.399 e. The molecule has 0 radical (unpaired) electrons. The number of hydrogen-bond acceptors (Lipinski definition) is 5. The minimum absolute atomic E-state index is 0.283. The van der Waals surface area contributed by atoms with Gasteiger partial charge in [0.05, 0.1) is 11.2 Å². The zero-order chi connectivity index (χ0) is 19.1. The van der Waals surface area contributed by atoms with Crippen LogP contribution in [0.15, 0.2) is 24.3 Å². The molecule has 4 rings (SSSR count). The summed E-state index contributed by atoms with van der Waals surface area (Å²) < 4.78 is 17.8. The van der Waals surface area contributed by atoms with Gasteiger partial charge >= 0.3 is 7.12 Å². The van der Waals surface area contributed by atoms with E-state index in [-0.39, 0.29) is 18.3 Å². The molecule has 0 bridgehead atoms. The average molecular weight is 372 g/mol. The largest absolute Gasteiger partial charge is 0.494 e. The average Bonchev–Trinajstić information content (AvgIpc) is 2.90. The van der Waals surface area contributed by atoms with Crippen molar-refractivity contribution in [1.82, 2.24) is 4.90 Å². The van der Waals surface area contributed by atoms with Gasteiger partial charge in [-0.05, 0) is 58.1 Å². The first-order chi connectivity index (χ1) is 12.9. The van der Waals surface area contributed by atoms with E-state index in [1.807, 2.05) is 0 Å². The van der Waals surface area contributed by atoms with Crippen molar-refractivity contribution in [1.29, 1.82) is 0 Å². The van der Waals surface area contributed by atoms with Gasteiger partial charge in [-0.2, -0.15) is 0 Å². The second-order valence-corrected chi connectivity index (χ2v) is 9.05. The maximum Gasteiger partial charge on any atom is 0.494 e. The summed E-state index contributed by atoms with van der Waals surface area (Å²) >= 11 is 0. The van der Waals surface area contributed by atoms with Crippen molar-refractivity contribution in [3.63, 3.8) is 0 Å². The summed E-state index contributed by atoms with van der Waals surface area (Å²) in [6.07, 6.45) is 2.37. The Morgan fingerprint density at radius 1 is 0.852 bits per heavy atom. The molecule has 0 amide bonds. The Morgan fingerprint density at radius 2 is 1.41 bits per heavy atom. The summed E-state index contributed by atoms with van der Waals surface area (Å²) in [4.78, 5) is 5.14. The number of anilines is 1. The summed E-state index contributed by atoms with van der Waals surface area (Å²) in [5.41, 5.74) is 1.80. The van der Waals surface area contributed by atoms with E-state index < -0.39 is 0 Å². The molecular weight excluding hydrogens is 339 g/mol. The number of ether oxygens (including phenoxy) is 1. The lowest BCUT2D eigenvalue weighted by molar-refractivity contribution is 0.00578. The Kier molecular flexibility index (Phi) is 5.27. The van der Waals surface area contributed by atoms with Crippen LogP contribution in [-0.4, -0.2) is 68.7 Å². The van der Waals surface area contributed by atoms with Crippen LogP contribution < -0.4 is 10.4 Å². The lowest BCUT2D eigenvalue weighted by Gasteiger charge is -2.41. The first-order valence-electron chi connectivity index (χ1n) is 10.4. The predicted octanol–water partition coefficient (Wildman–Crippen LogP) is 2.29. The highest BCUT2D eigenvalue weighted by atomic mass is 16.7. The highest BCUT2D eigenvalue weighted by Crippen LogP contribution is 2.36. The molecule has 148 valence electrons. The Bertz CT molecular complexity index is 619. The van der Waals surface area contributed by atoms with Crippen molar-refractivity contribution >= 4 is 18.3 Å². The molecule has 1 aromatic carbocycles. The van der Waals surface area contributed by atoms with E-state index in [4.69, 9.17) is 14.0 Å². The number of hydrogen-bond donors (Lipinski definition) is 0. The van der Waals surface area contributed by atoms with Crippen molar-refractivity contribution in [2.24, 2.45) is 0 Å². The summed E-state index contributed by atoms with van der Waals surface area (Å²) in [6, 6.07) is 9.45. The molecule has 6 heteroatoms. The van der Waals surface area contributed by atoms with E-state index in [1.54, 1.807) is 0 Å². The molecule has 3 heterocycles. The summed E-state index contributed by atoms with van der Waals surface area (Å²) in [7, 11) is -0.283. The lowest BCUT2D eigenvalue weighted by Crippen LogP contribution is -2.51. The molecule has 0 atom stereocenters. The van der Waals surface area contributed by atoms with Gasteiger partial charge in [0.2, 0.25) is 0 Å². The fraction of sp³-hybridized carbons (Fsp3) is 0.714. The minimum atomic E-state index is -0.295. The second kappa shape index (κ2) is 7.39. The third kappa shape index (κ3) is 3.90. The van der Waals surface area contributed by atoms with Gasteiger partial charge in [-0.25, -0.2) is 0 Å². The highest BCUT2D eigenvalue weighted by molar-refractivity contribution is 6.62. The van der Waals surface area contributed by atoms with E-state index in [0.29, 0.717) is 6.04 Å². The molecule has 0 saturated carbocycles. The SMILES string of the molecule is CC1(C)OB(c2ccc(N3CCN(C4CCOCC4)CC3)cc2)OC1(C)C. The van der Waals surface area contributed by atoms with Gasteiger partial charge in [-0.1, -0.05) is 12.1 Å². The molecule has 0 aliphatic carbocycles. The van der Waals surface area contributed by atoms with Crippen molar-refractivity contribution in [3.05, 3.63) is 24.3 Å². The quantitative estimate of drug-likeness (QED) is 0.761. The highest BCUT2D eigenvalue weighted by Gasteiger charge is 2.51. The number of nitrogens with zero attached hydrogens (tertiary/aromatic N) is 2. The maximum absolute atomic E-state index is 6.16. The van der Waals surface area contributed by atoms with E-state index in [2.05, 4.69) is 61.8 Å². The topological polar surface area (TPSA) is 34.2 Å². The molecule has 0 aromatic heterocycles. The normalized spacial score (nSPS) is 26.5. The molecule has 1 aromatic rings. The fourth-order valence-corrected chi connectivity index (χ4v) is 4.22. The Labute approximate surface area is 164 Å². The van der Waals surface area contributed by atoms with Crippen molar-refractivity contribution in [3.8, 4) is 0 Å². The number of piperazine rings is 1. The van der Waals surface area contributed by atoms with Crippen LogP contribution in [0.2, 0.25) is 0 Å². The van der Waals surface area contributed by atoms with E-state index in [1.165, 1.54) is 18.5 Å². The van der Waals surface area contributed by atoms with Crippen LogP contribution in [0.5, 0.6) is 0 Å². The summed E-state index contributed by atoms with van der Waals surface area (Å²) in [6.45, 7) is 14.7. The molecule has 5 nitrogen and oxygen atoms in total. The van der Waals surface area contributed by atoms with Crippen LogP contribution in [0.4, 0.5) is 5.69 Å². The van der Waals surface area contributed by atoms with Crippen LogP contribution in [0.3, 0.4) is 0 Å². The van der Waals surface area contributed by atoms with Gasteiger partial charge < -0.3 is 18.9 Å². The smallest absolute Gasteiger partial charge is 0.399 e. The van der Waals surface area contributed by atoms with Gasteiger partial charge in [0.1, 0.15) is 0 Å². The molecule has 3 aliphatic rings. The Hall–Kier alpha value is -1.08. The van der Waals surface area contributed by atoms with Crippen LogP contribution in [0.25, 0.3) is 0 Å². The third-order valence-electron chi connectivity index (χ3n) is 6.81. The number of rotatable bonds is 3. The van der Waals surface area contributed by atoms with Crippen molar-refractivity contribution in [2.45, 2.75) is 57.8 Å². The maximum atomic E-state index is 6.16. The second-order valence-electron chi connectivity index (χ2n) is 9.05. The number of benzene rings is 1. The van der Waals surface area contributed by atoms with E-state index in [9.17, 15) is 0 Å². The first kappa shape index (κ1) is 19.3. The zero-order valence-electron chi connectivity index (χ0n) is 17.2. The molecular formula is C21H33BN2O3. The third-order valence-corrected chi connectivity index (χ3v) is 6.81. The molecule has 27 heavy (non-hydrogen) atoms. The Balaban J connectivity index is 1.35. The summed E-state index contributed by atoms with van der Waals surface area (Å²) in [5, 5.41) is 0. The molecule has 3 saturated heterocycles. The molecule has 0 unspecified atom stereocenters. The zero-order valence-corrected chi connectivity index (χ0v) is 17.2. The first-order valence-corrected chi connectivity index (χ1v) is 10.4. The lowest BCUT2D eigenvalue weighted by atomic mass is 9.79.